The highest BCUT2D eigenvalue weighted by Crippen LogP contribution is 2.24. The maximum atomic E-state index is 4.09. The van der Waals surface area contributed by atoms with Crippen LogP contribution in [0.15, 0.2) is 36.0 Å². The zero-order chi connectivity index (χ0) is 11.3. The molecule has 1 atom stereocenters. The van der Waals surface area contributed by atoms with Gasteiger partial charge in [0.05, 0.1) is 0 Å². The summed E-state index contributed by atoms with van der Waals surface area (Å²) in [7, 11) is 0. The Bertz CT molecular complexity index is 266. The van der Waals surface area contributed by atoms with Gasteiger partial charge in [-0.25, -0.2) is 0 Å². The topological polar surface area (TPSA) is 0 Å². The summed E-state index contributed by atoms with van der Waals surface area (Å²) in [5.74, 6) is 1.45. The van der Waals surface area contributed by atoms with E-state index in [-0.39, 0.29) is 0 Å². The lowest BCUT2D eigenvalue weighted by atomic mass is 9.88. The Morgan fingerprint density at radius 1 is 1.33 bits per heavy atom. The lowest BCUT2D eigenvalue weighted by Crippen LogP contribution is -2.06. The molecule has 0 saturated carbocycles. The Labute approximate surface area is 94.8 Å². The predicted octanol–water partition coefficient (Wildman–Crippen LogP) is 4.89. The van der Waals surface area contributed by atoms with Gasteiger partial charge in [0.1, 0.15) is 0 Å². The van der Waals surface area contributed by atoms with Crippen LogP contribution in [0.5, 0.6) is 0 Å². The number of allylic oxidation sites excluding steroid dienone is 5. The van der Waals surface area contributed by atoms with Crippen LogP contribution in [0.25, 0.3) is 0 Å². The molecule has 0 radical (unpaired) electrons. The van der Waals surface area contributed by atoms with Gasteiger partial charge >= 0.3 is 0 Å². The van der Waals surface area contributed by atoms with Gasteiger partial charge in [-0.3, -0.25) is 0 Å². The normalized spacial score (nSPS) is 29.7. The van der Waals surface area contributed by atoms with Gasteiger partial charge in [0, 0.05) is 0 Å². The molecule has 1 aliphatic carbocycles. The van der Waals surface area contributed by atoms with Crippen molar-refractivity contribution < 1.29 is 0 Å². The minimum Gasteiger partial charge on any atom is -0.0958 e. The molecular formula is C15H24. The van der Waals surface area contributed by atoms with Crippen molar-refractivity contribution in [1.29, 1.82) is 0 Å². The average molecular weight is 204 g/mol. The summed E-state index contributed by atoms with van der Waals surface area (Å²) in [6, 6.07) is 0. The van der Waals surface area contributed by atoms with Gasteiger partial charge in [-0.2, -0.15) is 0 Å². The summed E-state index contributed by atoms with van der Waals surface area (Å²) in [5, 5.41) is 0. The zero-order valence-electron chi connectivity index (χ0n) is 10.4. The second-order valence-corrected chi connectivity index (χ2v) is 5.05. The molecule has 0 bridgehead atoms. The van der Waals surface area contributed by atoms with Crippen molar-refractivity contribution >= 4 is 0 Å². The first-order chi connectivity index (χ1) is 7.09. The Kier molecular flexibility index (Phi) is 4.87. The maximum Gasteiger partial charge on any atom is -0.0204 e. The molecule has 0 fully saturated rings. The van der Waals surface area contributed by atoms with Crippen molar-refractivity contribution in [3.05, 3.63) is 36.0 Å². The summed E-state index contributed by atoms with van der Waals surface area (Å²) in [6.45, 7) is 11.0. The number of hydrogen-bond acceptors (Lipinski definition) is 0. The molecule has 0 spiro atoms. The summed E-state index contributed by atoms with van der Waals surface area (Å²) in [6.07, 6.45) is 11.8. The van der Waals surface area contributed by atoms with E-state index in [1.54, 1.807) is 5.57 Å². The minimum absolute atomic E-state index is 0.711. The summed E-state index contributed by atoms with van der Waals surface area (Å²) in [5.41, 5.74) is 2.82. The van der Waals surface area contributed by atoms with Crippen LogP contribution in [0.4, 0.5) is 0 Å². The maximum absolute atomic E-state index is 4.09. The molecule has 0 aliphatic heterocycles. The molecule has 0 aromatic carbocycles. The summed E-state index contributed by atoms with van der Waals surface area (Å²) in [4.78, 5) is 0. The van der Waals surface area contributed by atoms with Crippen LogP contribution < -0.4 is 0 Å². The molecule has 0 N–H and O–H groups in total. The molecule has 0 amide bonds. The SMILES string of the molecule is C=C1/C=C\[C@H](C(C)C)CC/C(C)=C\CC1. The van der Waals surface area contributed by atoms with E-state index < -0.39 is 0 Å². The van der Waals surface area contributed by atoms with Crippen molar-refractivity contribution in [2.45, 2.75) is 46.5 Å². The van der Waals surface area contributed by atoms with Crippen molar-refractivity contribution in [2.24, 2.45) is 11.8 Å². The fraction of sp³-hybridized carbons (Fsp3) is 0.600. The van der Waals surface area contributed by atoms with Gasteiger partial charge in [0.2, 0.25) is 0 Å². The first-order valence-corrected chi connectivity index (χ1v) is 6.11. The van der Waals surface area contributed by atoms with Crippen LogP contribution >= 0.6 is 0 Å². The zero-order valence-corrected chi connectivity index (χ0v) is 10.4. The van der Waals surface area contributed by atoms with E-state index in [4.69, 9.17) is 0 Å². The molecule has 0 saturated heterocycles. The molecule has 1 aliphatic rings. The second kappa shape index (κ2) is 5.95. The fourth-order valence-corrected chi connectivity index (χ4v) is 2.00. The third kappa shape index (κ3) is 4.51. The smallest absolute Gasteiger partial charge is 0.0204 e. The number of hydrogen-bond donors (Lipinski definition) is 0. The van der Waals surface area contributed by atoms with Gasteiger partial charge in [-0.05, 0) is 44.4 Å². The lowest BCUT2D eigenvalue weighted by Gasteiger charge is -2.18. The standard InChI is InChI=1S/C15H24/c1-12(2)15-10-8-13(3)6-5-7-14(4)9-11-15/h7-8,10,12,15H,3,5-6,9,11H2,1-2,4H3/b10-8-,14-7-/t15-/m0/s1. The number of rotatable bonds is 1. The van der Waals surface area contributed by atoms with E-state index in [9.17, 15) is 0 Å². The van der Waals surface area contributed by atoms with E-state index in [1.165, 1.54) is 18.4 Å². The highest BCUT2D eigenvalue weighted by molar-refractivity contribution is 5.17. The van der Waals surface area contributed by atoms with E-state index in [0.29, 0.717) is 5.92 Å². The molecule has 0 aromatic rings. The van der Waals surface area contributed by atoms with E-state index in [2.05, 4.69) is 45.6 Å². The molecule has 15 heavy (non-hydrogen) atoms. The van der Waals surface area contributed by atoms with Gasteiger partial charge in [0.25, 0.3) is 0 Å². The Balaban J connectivity index is 2.70. The molecule has 0 nitrogen and oxygen atoms in total. The van der Waals surface area contributed by atoms with Crippen molar-refractivity contribution in [2.75, 3.05) is 0 Å². The van der Waals surface area contributed by atoms with Crippen LogP contribution in [-0.2, 0) is 0 Å². The fourth-order valence-electron chi connectivity index (χ4n) is 2.00. The second-order valence-electron chi connectivity index (χ2n) is 5.05. The molecular weight excluding hydrogens is 180 g/mol. The van der Waals surface area contributed by atoms with Crippen LogP contribution in [0.3, 0.4) is 0 Å². The molecule has 0 aromatic heterocycles. The van der Waals surface area contributed by atoms with Crippen LogP contribution in [-0.4, -0.2) is 0 Å². The molecule has 0 unspecified atom stereocenters. The van der Waals surface area contributed by atoms with Gasteiger partial charge in [0.15, 0.2) is 0 Å². The Hall–Kier alpha value is -0.780. The Morgan fingerprint density at radius 2 is 2.07 bits per heavy atom. The predicted molar refractivity (Wildman–Crippen MR) is 68.8 cm³/mol. The first-order valence-electron chi connectivity index (χ1n) is 6.11. The quantitative estimate of drug-likeness (QED) is 0.533. The molecule has 0 heterocycles. The third-order valence-electron chi connectivity index (χ3n) is 3.27. The molecule has 84 valence electrons. The van der Waals surface area contributed by atoms with E-state index in [1.807, 2.05) is 0 Å². The molecule has 0 heteroatoms. The Morgan fingerprint density at radius 3 is 2.73 bits per heavy atom. The average Bonchev–Trinajstić information content (AvgIpc) is 2.16. The van der Waals surface area contributed by atoms with E-state index in [0.717, 1.165) is 18.8 Å². The summed E-state index contributed by atoms with van der Waals surface area (Å²) < 4.78 is 0. The van der Waals surface area contributed by atoms with Gasteiger partial charge < -0.3 is 0 Å². The van der Waals surface area contributed by atoms with Crippen LogP contribution in [0.1, 0.15) is 46.5 Å². The lowest BCUT2D eigenvalue weighted by molar-refractivity contribution is 0.435. The monoisotopic (exact) mass is 204 g/mol. The third-order valence-corrected chi connectivity index (χ3v) is 3.27. The highest BCUT2D eigenvalue weighted by Gasteiger charge is 2.10. The minimum atomic E-state index is 0.711. The van der Waals surface area contributed by atoms with Crippen LogP contribution in [0, 0.1) is 11.8 Å². The largest absolute Gasteiger partial charge is 0.0958 e. The first kappa shape index (κ1) is 12.3. The van der Waals surface area contributed by atoms with Crippen LogP contribution in [0.2, 0.25) is 0 Å². The molecule has 1 rings (SSSR count). The van der Waals surface area contributed by atoms with Crippen molar-refractivity contribution in [1.82, 2.24) is 0 Å². The van der Waals surface area contributed by atoms with Crippen molar-refractivity contribution in [3.63, 3.8) is 0 Å². The van der Waals surface area contributed by atoms with E-state index >= 15 is 0 Å². The highest BCUT2D eigenvalue weighted by atomic mass is 14.2. The summed E-state index contributed by atoms with van der Waals surface area (Å²) >= 11 is 0. The van der Waals surface area contributed by atoms with Gasteiger partial charge in [-0.1, -0.05) is 49.8 Å². The van der Waals surface area contributed by atoms with Gasteiger partial charge in [-0.15, -0.1) is 0 Å². The van der Waals surface area contributed by atoms with Crippen molar-refractivity contribution in [3.8, 4) is 0 Å².